The van der Waals surface area contributed by atoms with Crippen molar-refractivity contribution < 1.29 is 9.59 Å². The largest absolute Gasteiger partial charge is 0.333 e. The van der Waals surface area contributed by atoms with Crippen LogP contribution in [0.15, 0.2) is 36.5 Å². The summed E-state index contributed by atoms with van der Waals surface area (Å²) in [6.45, 7) is 9.44. The van der Waals surface area contributed by atoms with E-state index in [1.807, 2.05) is 34.6 Å². The van der Waals surface area contributed by atoms with Crippen molar-refractivity contribution in [1.29, 1.82) is 0 Å². The fourth-order valence-electron chi connectivity index (χ4n) is 2.22. The highest BCUT2D eigenvalue weighted by atomic mass is 16.2. The second kappa shape index (κ2) is 7.34. The zero-order chi connectivity index (χ0) is 18.6. The molecular formula is C19H24N4O2. The molecule has 0 spiro atoms. The van der Waals surface area contributed by atoms with E-state index in [-0.39, 0.29) is 17.5 Å². The number of carbonyl (C=O) groups is 2. The maximum absolute atomic E-state index is 12.4. The molecule has 0 aliphatic carbocycles. The lowest BCUT2D eigenvalue weighted by Gasteiger charge is -2.21. The van der Waals surface area contributed by atoms with Gasteiger partial charge in [0.1, 0.15) is 0 Å². The summed E-state index contributed by atoms with van der Waals surface area (Å²) in [6, 6.07) is 8.42. The van der Waals surface area contributed by atoms with Gasteiger partial charge in [0.15, 0.2) is 0 Å². The third kappa shape index (κ3) is 5.60. The van der Waals surface area contributed by atoms with Gasteiger partial charge in [-0.3, -0.25) is 9.78 Å². The second-order valence-corrected chi connectivity index (χ2v) is 7.00. The number of benzene rings is 1. The third-order valence-corrected chi connectivity index (χ3v) is 3.39. The molecule has 0 aliphatic rings. The summed E-state index contributed by atoms with van der Waals surface area (Å²) >= 11 is 0. The topological polar surface area (TPSA) is 83.1 Å². The Hall–Kier alpha value is -2.89. The van der Waals surface area contributed by atoms with Gasteiger partial charge in [-0.1, -0.05) is 6.07 Å². The zero-order valence-corrected chi connectivity index (χ0v) is 15.2. The molecule has 3 N–H and O–H groups in total. The van der Waals surface area contributed by atoms with E-state index in [0.717, 1.165) is 11.3 Å². The molecule has 0 saturated heterocycles. The fraction of sp³-hybridized carbons (Fsp3) is 0.316. The number of aromatic nitrogens is 1. The molecule has 25 heavy (non-hydrogen) atoms. The minimum atomic E-state index is -0.341. The number of carbonyl (C=O) groups excluding carboxylic acids is 2. The van der Waals surface area contributed by atoms with Crippen molar-refractivity contribution in [2.24, 2.45) is 0 Å². The molecule has 3 amide bonds. The van der Waals surface area contributed by atoms with Crippen molar-refractivity contribution in [2.45, 2.75) is 40.2 Å². The number of hydrogen-bond donors (Lipinski definition) is 3. The Labute approximate surface area is 148 Å². The highest BCUT2D eigenvalue weighted by Gasteiger charge is 2.15. The van der Waals surface area contributed by atoms with Gasteiger partial charge in [0.25, 0.3) is 5.91 Å². The molecule has 0 fully saturated rings. The number of aryl methyl sites for hydroxylation is 2. The van der Waals surface area contributed by atoms with Gasteiger partial charge in [0.05, 0.1) is 0 Å². The monoisotopic (exact) mass is 340 g/mol. The molecule has 0 bridgehead atoms. The average Bonchev–Trinajstić information content (AvgIpc) is 2.47. The normalized spacial score (nSPS) is 10.9. The summed E-state index contributed by atoms with van der Waals surface area (Å²) in [6.07, 6.45) is 1.64. The minimum absolute atomic E-state index is 0.245. The lowest BCUT2D eigenvalue weighted by Crippen LogP contribution is -2.43. The van der Waals surface area contributed by atoms with Crippen LogP contribution >= 0.6 is 0 Å². The quantitative estimate of drug-likeness (QED) is 0.793. The van der Waals surface area contributed by atoms with Gasteiger partial charge < -0.3 is 16.0 Å². The molecule has 0 unspecified atom stereocenters. The van der Waals surface area contributed by atoms with Gasteiger partial charge in [-0.05, 0) is 64.4 Å². The Morgan fingerprint density at radius 2 is 1.72 bits per heavy atom. The van der Waals surface area contributed by atoms with Crippen molar-refractivity contribution in [3.63, 3.8) is 0 Å². The van der Waals surface area contributed by atoms with Crippen LogP contribution in [0.2, 0.25) is 0 Å². The number of nitrogens with zero attached hydrogens (tertiary/aromatic N) is 1. The van der Waals surface area contributed by atoms with Crippen LogP contribution in [0.5, 0.6) is 0 Å². The molecule has 1 heterocycles. The van der Waals surface area contributed by atoms with E-state index in [2.05, 4.69) is 20.9 Å². The van der Waals surface area contributed by atoms with Crippen LogP contribution in [-0.2, 0) is 0 Å². The van der Waals surface area contributed by atoms with Gasteiger partial charge in [0.2, 0.25) is 0 Å². The summed E-state index contributed by atoms with van der Waals surface area (Å²) in [5, 5.41) is 8.46. The summed E-state index contributed by atoms with van der Waals surface area (Å²) in [7, 11) is 0. The van der Waals surface area contributed by atoms with Crippen LogP contribution in [0.3, 0.4) is 0 Å². The number of pyridine rings is 1. The van der Waals surface area contributed by atoms with E-state index < -0.39 is 0 Å². The highest BCUT2D eigenvalue weighted by Crippen LogP contribution is 2.18. The second-order valence-electron chi connectivity index (χ2n) is 7.00. The maximum Gasteiger partial charge on any atom is 0.319 e. The SMILES string of the molecule is Cc1cc(NC(=O)c2ccc(C)c(NC(=O)NC(C)(C)C)c2)ccn1. The van der Waals surface area contributed by atoms with Gasteiger partial charge in [-0.15, -0.1) is 0 Å². The molecule has 0 radical (unpaired) electrons. The molecule has 2 aromatic rings. The van der Waals surface area contributed by atoms with Crippen LogP contribution in [0.4, 0.5) is 16.2 Å². The molecule has 1 aromatic carbocycles. The van der Waals surface area contributed by atoms with Crippen LogP contribution in [-0.4, -0.2) is 22.5 Å². The van der Waals surface area contributed by atoms with Crippen LogP contribution in [0.25, 0.3) is 0 Å². The number of nitrogens with one attached hydrogen (secondary N) is 3. The number of urea groups is 1. The van der Waals surface area contributed by atoms with E-state index in [0.29, 0.717) is 16.9 Å². The third-order valence-electron chi connectivity index (χ3n) is 3.39. The molecule has 0 atom stereocenters. The molecule has 0 aliphatic heterocycles. The van der Waals surface area contributed by atoms with E-state index in [1.54, 1.807) is 36.5 Å². The smallest absolute Gasteiger partial charge is 0.319 e. The van der Waals surface area contributed by atoms with Crippen molar-refractivity contribution in [3.8, 4) is 0 Å². The first-order valence-electron chi connectivity index (χ1n) is 8.08. The lowest BCUT2D eigenvalue weighted by atomic mass is 10.1. The molecule has 2 rings (SSSR count). The van der Waals surface area contributed by atoms with Gasteiger partial charge >= 0.3 is 6.03 Å². The highest BCUT2D eigenvalue weighted by molar-refractivity contribution is 6.05. The summed E-state index contributed by atoms with van der Waals surface area (Å²) in [5.41, 5.74) is 3.10. The predicted octanol–water partition coefficient (Wildman–Crippen LogP) is 3.87. The number of amides is 3. The Morgan fingerprint density at radius 1 is 1.00 bits per heavy atom. The Balaban J connectivity index is 2.14. The predicted molar refractivity (Wildman–Crippen MR) is 100 cm³/mol. The Bertz CT molecular complexity index is 794. The average molecular weight is 340 g/mol. The van der Waals surface area contributed by atoms with Crippen LogP contribution < -0.4 is 16.0 Å². The minimum Gasteiger partial charge on any atom is -0.333 e. The van der Waals surface area contributed by atoms with Crippen molar-refractivity contribution in [1.82, 2.24) is 10.3 Å². The number of anilines is 2. The van der Waals surface area contributed by atoms with Gasteiger partial charge in [-0.2, -0.15) is 0 Å². The molecule has 0 saturated carbocycles. The summed E-state index contributed by atoms with van der Waals surface area (Å²) in [4.78, 5) is 28.6. The number of rotatable bonds is 3. The molecule has 132 valence electrons. The lowest BCUT2D eigenvalue weighted by molar-refractivity contribution is 0.102. The van der Waals surface area contributed by atoms with E-state index in [9.17, 15) is 9.59 Å². The van der Waals surface area contributed by atoms with Crippen LogP contribution in [0.1, 0.15) is 42.4 Å². The summed E-state index contributed by atoms with van der Waals surface area (Å²) < 4.78 is 0. The Kier molecular flexibility index (Phi) is 5.41. The zero-order valence-electron chi connectivity index (χ0n) is 15.2. The number of hydrogen-bond acceptors (Lipinski definition) is 3. The Morgan fingerprint density at radius 3 is 2.36 bits per heavy atom. The summed E-state index contributed by atoms with van der Waals surface area (Å²) in [5.74, 6) is -0.245. The van der Waals surface area contributed by atoms with Crippen LogP contribution in [0, 0.1) is 13.8 Å². The molecule has 6 nitrogen and oxygen atoms in total. The molecule has 6 heteroatoms. The standard InChI is InChI=1S/C19H24N4O2/c1-12-6-7-14(11-16(12)22-18(25)23-19(3,4)5)17(24)21-15-8-9-20-13(2)10-15/h6-11H,1-5H3,(H,20,21,24)(H2,22,23,25). The van der Waals surface area contributed by atoms with Gasteiger partial charge in [-0.25, -0.2) is 4.79 Å². The first kappa shape index (κ1) is 18.4. The van der Waals surface area contributed by atoms with E-state index in [1.165, 1.54) is 0 Å². The van der Waals surface area contributed by atoms with E-state index in [4.69, 9.17) is 0 Å². The van der Waals surface area contributed by atoms with Crippen molar-refractivity contribution >= 4 is 23.3 Å². The van der Waals surface area contributed by atoms with E-state index >= 15 is 0 Å². The maximum atomic E-state index is 12.4. The first-order valence-corrected chi connectivity index (χ1v) is 8.08. The molecular weight excluding hydrogens is 316 g/mol. The fourth-order valence-corrected chi connectivity index (χ4v) is 2.22. The van der Waals surface area contributed by atoms with Crippen molar-refractivity contribution in [2.75, 3.05) is 10.6 Å². The molecule has 1 aromatic heterocycles. The first-order chi connectivity index (χ1) is 11.6. The van der Waals surface area contributed by atoms with Crippen molar-refractivity contribution in [3.05, 3.63) is 53.3 Å². The van der Waals surface area contributed by atoms with Gasteiger partial charge in [0, 0.05) is 34.4 Å².